The molecule has 0 amide bonds. The fourth-order valence-electron chi connectivity index (χ4n) is 2.95. The molecule has 0 saturated carbocycles. The predicted molar refractivity (Wildman–Crippen MR) is 64.4 cm³/mol. The molecule has 3 rings (SSSR count). The highest BCUT2D eigenvalue weighted by Gasteiger charge is 2.58. The smallest absolute Gasteiger partial charge is 0.190 e. The number of methoxy groups -OCH3 is 1. The minimum Gasteiger partial charge on any atom is -0.376 e. The maximum absolute atomic E-state index is 5.92. The van der Waals surface area contributed by atoms with Gasteiger partial charge in [-0.3, -0.25) is 0 Å². The summed E-state index contributed by atoms with van der Waals surface area (Å²) in [6.45, 7) is 8.01. The van der Waals surface area contributed by atoms with E-state index in [4.69, 9.17) is 28.4 Å². The van der Waals surface area contributed by atoms with Gasteiger partial charge in [-0.2, -0.15) is 0 Å². The third kappa shape index (κ3) is 2.41. The van der Waals surface area contributed by atoms with Crippen LogP contribution in [0.25, 0.3) is 0 Å². The Labute approximate surface area is 113 Å². The first-order valence-electron chi connectivity index (χ1n) is 6.67. The van der Waals surface area contributed by atoms with E-state index < -0.39 is 17.9 Å². The monoisotopic (exact) mass is 274 g/mol. The van der Waals surface area contributed by atoms with E-state index in [9.17, 15) is 0 Å². The Bertz CT molecular complexity index is 355. The predicted octanol–water partition coefficient (Wildman–Crippen LogP) is 1.03. The summed E-state index contributed by atoms with van der Waals surface area (Å²) in [5.41, 5.74) is 0. The Balaban J connectivity index is 1.72. The van der Waals surface area contributed by atoms with Crippen molar-refractivity contribution in [2.24, 2.45) is 0 Å². The molecule has 19 heavy (non-hydrogen) atoms. The summed E-state index contributed by atoms with van der Waals surface area (Å²) in [5.74, 6) is -1.21. The fraction of sp³-hybridized carbons (Fsp3) is 1.00. The zero-order chi connectivity index (χ0) is 13.8. The van der Waals surface area contributed by atoms with Crippen LogP contribution < -0.4 is 0 Å². The molecule has 6 nitrogen and oxygen atoms in total. The first kappa shape index (κ1) is 13.7. The largest absolute Gasteiger partial charge is 0.376 e. The molecule has 3 aliphatic rings. The maximum atomic E-state index is 5.92. The molecule has 3 saturated heterocycles. The third-order valence-corrected chi connectivity index (χ3v) is 3.70. The van der Waals surface area contributed by atoms with Crippen molar-refractivity contribution in [3.05, 3.63) is 0 Å². The molecule has 0 radical (unpaired) electrons. The summed E-state index contributed by atoms with van der Waals surface area (Å²) < 4.78 is 34.5. The van der Waals surface area contributed by atoms with Gasteiger partial charge in [0.25, 0.3) is 0 Å². The molecule has 3 heterocycles. The maximum Gasteiger partial charge on any atom is 0.190 e. The van der Waals surface area contributed by atoms with Crippen molar-refractivity contribution in [2.75, 3.05) is 13.7 Å². The lowest BCUT2D eigenvalue weighted by Gasteiger charge is -2.28. The van der Waals surface area contributed by atoms with Crippen molar-refractivity contribution in [1.29, 1.82) is 0 Å². The summed E-state index contributed by atoms with van der Waals surface area (Å²) in [4.78, 5) is 0. The number of fused-ring (bicyclic) bond motifs is 1. The van der Waals surface area contributed by atoms with E-state index in [2.05, 4.69) is 0 Å². The number of rotatable bonds is 2. The number of ether oxygens (including phenoxy) is 6. The first-order chi connectivity index (χ1) is 8.81. The van der Waals surface area contributed by atoms with Crippen LogP contribution in [-0.2, 0) is 28.4 Å². The fourth-order valence-corrected chi connectivity index (χ4v) is 2.95. The Kier molecular flexibility index (Phi) is 3.16. The van der Waals surface area contributed by atoms with E-state index in [0.29, 0.717) is 6.61 Å². The molecule has 0 aliphatic carbocycles. The highest BCUT2D eigenvalue weighted by atomic mass is 16.8. The van der Waals surface area contributed by atoms with Crippen LogP contribution in [-0.4, -0.2) is 56.0 Å². The van der Waals surface area contributed by atoms with Crippen molar-refractivity contribution in [2.45, 2.75) is 70.0 Å². The summed E-state index contributed by atoms with van der Waals surface area (Å²) in [6.07, 6.45) is -1.25. The highest BCUT2D eigenvalue weighted by Crippen LogP contribution is 2.41. The molecule has 110 valence electrons. The van der Waals surface area contributed by atoms with Crippen molar-refractivity contribution in [3.63, 3.8) is 0 Å². The van der Waals surface area contributed by atoms with Gasteiger partial charge in [-0.05, 0) is 27.7 Å². The average molecular weight is 274 g/mol. The lowest BCUT2D eigenvalue weighted by atomic mass is 10.1. The zero-order valence-electron chi connectivity index (χ0n) is 12.0. The Morgan fingerprint density at radius 3 is 2.26 bits per heavy atom. The standard InChI is InChI=1S/C13H22O6/c1-12(2)15-6-7(17-12)8-9(14-5)10-11(16-8)19-13(3,4)18-10/h7-11H,6H2,1-5H3/t7?,8-,9-,10?,11-/m0/s1. The topological polar surface area (TPSA) is 55.4 Å². The molecule has 2 unspecified atom stereocenters. The van der Waals surface area contributed by atoms with Crippen molar-refractivity contribution in [3.8, 4) is 0 Å². The van der Waals surface area contributed by atoms with E-state index in [1.54, 1.807) is 7.11 Å². The van der Waals surface area contributed by atoms with E-state index in [-0.39, 0.29) is 24.4 Å². The zero-order valence-corrected chi connectivity index (χ0v) is 12.0. The molecule has 0 bridgehead atoms. The normalized spacial score (nSPS) is 47.5. The van der Waals surface area contributed by atoms with Crippen molar-refractivity contribution < 1.29 is 28.4 Å². The lowest BCUT2D eigenvalue weighted by molar-refractivity contribution is -0.234. The van der Waals surface area contributed by atoms with Crippen LogP contribution in [0.4, 0.5) is 0 Å². The van der Waals surface area contributed by atoms with Gasteiger partial charge in [0.15, 0.2) is 17.9 Å². The van der Waals surface area contributed by atoms with Gasteiger partial charge in [-0.25, -0.2) is 0 Å². The summed E-state index contributed by atoms with van der Waals surface area (Å²) in [6, 6.07) is 0. The lowest BCUT2D eigenvalue weighted by Crippen LogP contribution is -2.43. The molecule has 3 fully saturated rings. The molecular formula is C13H22O6. The first-order valence-corrected chi connectivity index (χ1v) is 6.67. The molecule has 0 spiro atoms. The quantitative estimate of drug-likeness (QED) is 0.749. The van der Waals surface area contributed by atoms with Gasteiger partial charge in [0.05, 0.1) is 6.61 Å². The van der Waals surface area contributed by atoms with Gasteiger partial charge in [0, 0.05) is 7.11 Å². The Hall–Kier alpha value is -0.240. The molecule has 0 N–H and O–H groups in total. The Morgan fingerprint density at radius 2 is 1.68 bits per heavy atom. The van der Waals surface area contributed by atoms with Crippen LogP contribution in [0, 0.1) is 0 Å². The van der Waals surface area contributed by atoms with E-state index in [1.807, 2.05) is 27.7 Å². The van der Waals surface area contributed by atoms with Crippen LogP contribution in [0.5, 0.6) is 0 Å². The average Bonchev–Trinajstić information content (AvgIpc) is 2.87. The minimum atomic E-state index is -0.636. The molecule has 0 aromatic carbocycles. The van der Waals surface area contributed by atoms with E-state index >= 15 is 0 Å². The van der Waals surface area contributed by atoms with Gasteiger partial charge >= 0.3 is 0 Å². The van der Waals surface area contributed by atoms with Gasteiger partial charge in [0.2, 0.25) is 0 Å². The molecule has 6 heteroatoms. The molecule has 0 aromatic heterocycles. The van der Waals surface area contributed by atoms with Crippen molar-refractivity contribution >= 4 is 0 Å². The second-order valence-electron chi connectivity index (χ2n) is 6.14. The summed E-state index contributed by atoms with van der Waals surface area (Å²) in [5, 5.41) is 0. The number of hydrogen-bond donors (Lipinski definition) is 0. The summed E-state index contributed by atoms with van der Waals surface area (Å²) >= 11 is 0. The van der Waals surface area contributed by atoms with Crippen LogP contribution in [0.2, 0.25) is 0 Å². The van der Waals surface area contributed by atoms with Gasteiger partial charge in [-0.1, -0.05) is 0 Å². The number of hydrogen-bond acceptors (Lipinski definition) is 6. The highest BCUT2D eigenvalue weighted by molar-refractivity contribution is 4.98. The molecule has 0 aromatic rings. The second kappa shape index (κ2) is 4.38. The molecule has 3 aliphatic heterocycles. The van der Waals surface area contributed by atoms with Gasteiger partial charge in [0.1, 0.15) is 24.4 Å². The third-order valence-electron chi connectivity index (χ3n) is 3.70. The van der Waals surface area contributed by atoms with Crippen LogP contribution in [0.3, 0.4) is 0 Å². The van der Waals surface area contributed by atoms with Crippen LogP contribution >= 0.6 is 0 Å². The van der Waals surface area contributed by atoms with E-state index in [0.717, 1.165) is 0 Å². The summed E-state index contributed by atoms with van der Waals surface area (Å²) in [7, 11) is 1.65. The van der Waals surface area contributed by atoms with Gasteiger partial charge in [-0.15, -0.1) is 0 Å². The van der Waals surface area contributed by atoms with Gasteiger partial charge < -0.3 is 28.4 Å². The molecule has 5 atom stereocenters. The second-order valence-corrected chi connectivity index (χ2v) is 6.14. The minimum absolute atomic E-state index is 0.166. The van der Waals surface area contributed by atoms with Crippen molar-refractivity contribution in [1.82, 2.24) is 0 Å². The van der Waals surface area contributed by atoms with Crippen LogP contribution in [0.15, 0.2) is 0 Å². The molecular weight excluding hydrogens is 252 g/mol. The SMILES string of the molecule is CO[C@@H]1C2OC(C)(C)O[C@@H]2O[C@H]1C1COC(C)(C)O1. The Morgan fingerprint density at radius 1 is 0.947 bits per heavy atom. The van der Waals surface area contributed by atoms with E-state index in [1.165, 1.54) is 0 Å². The van der Waals surface area contributed by atoms with Crippen LogP contribution in [0.1, 0.15) is 27.7 Å².